The van der Waals surface area contributed by atoms with E-state index in [1.807, 2.05) is 24.5 Å². The fraction of sp³-hybridized carbons (Fsp3) is 0.333. The van der Waals surface area contributed by atoms with Gasteiger partial charge in [-0.2, -0.15) is 5.26 Å². The zero-order chi connectivity index (χ0) is 14.3. The van der Waals surface area contributed by atoms with E-state index < -0.39 is 0 Å². The summed E-state index contributed by atoms with van der Waals surface area (Å²) in [5.74, 6) is 0. The Morgan fingerprint density at radius 2 is 2.33 bits per heavy atom. The fourth-order valence-corrected chi connectivity index (χ4v) is 2.81. The Balaban J connectivity index is 1.63. The molecule has 6 nitrogen and oxygen atoms in total. The van der Waals surface area contributed by atoms with Crippen LogP contribution in [0.1, 0.15) is 19.3 Å². The molecule has 0 aromatic carbocycles. The van der Waals surface area contributed by atoms with Crippen molar-refractivity contribution in [3.63, 3.8) is 0 Å². The Morgan fingerprint density at radius 3 is 3.10 bits per heavy atom. The summed E-state index contributed by atoms with van der Waals surface area (Å²) in [5.41, 5.74) is 2.35. The molecule has 1 aliphatic carbocycles. The third-order valence-corrected chi connectivity index (χ3v) is 4.25. The van der Waals surface area contributed by atoms with Gasteiger partial charge < -0.3 is 4.98 Å². The van der Waals surface area contributed by atoms with E-state index in [0.717, 1.165) is 41.6 Å². The van der Waals surface area contributed by atoms with Crippen molar-refractivity contribution in [2.45, 2.75) is 25.8 Å². The SMILES string of the molecule is N#CC1(Cn2cc(-c3cnc4[nH]ccc4c3)nn2)CCC1. The van der Waals surface area contributed by atoms with Gasteiger partial charge >= 0.3 is 0 Å². The highest BCUT2D eigenvalue weighted by molar-refractivity contribution is 5.80. The summed E-state index contributed by atoms with van der Waals surface area (Å²) >= 11 is 0. The van der Waals surface area contributed by atoms with Crippen LogP contribution in [-0.4, -0.2) is 25.0 Å². The number of nitrogens with one attached hydrogen (secondary N) is 1. The Labute approximate surface area is 121 Å². The molecule has 104 valence electrons. The fourth-order valence-electron chi connectivity index (χ4n) is 2.81. The second-order valence-electron chi connectivity index (χ2n) is 5.69. The molecular weight excluding hydrogens is 264 g/mol. The maximum Gasteiger partial charge on any atom is 0.137 e. The first-order valence-electron chi connectivity index (χ1n) is 7.03. The summed E-state index contributed by atoms with van der Waals surface area (Å²) in [7, 11) is 0. The normalized spacial score (nSPS) is 16.5. The monoisotopic (exact) mass is 278 g/mol. The molecule has 1 saturated carbocycles. The largest absolute Gasteiger partial charge is 0.346 e. The summed E-state index contributed by atoms with van der Waals surface area (Å²) < 4.78 is 1.78. The van der Waals surface area contributed by atoms with E-state index >= 15 is 0 Å². The highest BCUT2D eigenvalue weighted by Gasteiger charge is 2.38. The molecule has 0 unspecified atom stereocenters. The van der Waals surface area contributed by atoms with Crippen LogP contribution in [0.5, 0.6) is 0 Å². The van der Waals surface area contributed by atoms with Gasteiger partial charge in [0.05, 0.1) is 24.2 Å². The van der Waals surface area contributed by atoms with Gasteiger partial charge in [0, 0.05) is 23.3 Å². The van der Waals surface area contributed by atoms with Crippen molar-refractivity contribution in [3.8, 4) is 17.3 Å². The average molecular weight is 278 g/mol. The number of hydrogen-bond donors (Lipinski definition) is 1. The van der Waals surface area contributed by atoms with Gasteiger partial charge in [0.2, 0.25) is 0 Å². The molecule has 1 aliphatic rings. The lowest BCUT2D eigenvalue weighted by molar-refractivity contribution is 0.173. The second kappa shape index (κ2) is 4.42. The molecule has 1 fully saturated rings. The average Bonchev–Trinajstić information content (AvgIpc) is 3.11. The van der Waals surface area contributed by atoms with Crippen LogP contribution in [0.15, 0.2) is 30.7 Å². The molecule has 21 heavy (non-hydrogen) atoms. The number of H-pyrrole nitrogens is 1. The molecule has 4 rings (SSSR count). The van der Waals surface area contributed by atoms with E-state index in [1.165, 1.54) is 0 Å². The van der Waals surface area contributed by atoms with E-state index in [-0.39, 0.29) is 5.41 Å². The van der Waals surface area contributed by atoms with E-state index in [1.54, 1.807) is 10.9 Å². The van der Waals surface area contributed by atoms with E-state index in [9.17, 15) is 5.26 Å². The Morgan fingerprint density at radius 1 is 1.43 bits per heavy atom. The minimum atomic E-state index is -0.242. The first kappa shape index (κ1) is 12.1. The molecule has 0 spiro atoms. The van der Waals surface area contributed by atoms with Crippen molar-refractivity contribution in [1.82, 2.24) is 25.0 Å². The molecule has 1 N–H and O–H groups in total. The number of pyridine rings is 1. The van der Waals surface area contributed by atoms with Crippen molar-refractivity contribution in [1.29, 1.82) is 5.26 Å². The number of fused-ring (bicyclic) bond motifs is 1. The van der Waals surface area contributed by atoms with Crippen molar-refractivity contribution in [3.05, 3.63) is 30.7 Å². The summed E-state index contributed by atoms with van der Waals surface area (Å²) in [4.78, 5) is 7.43. The van der Waals surface area contributed by atoms with Crippen LogP contribution in [0.3, 0.4) is 0 Å². The molecule has 3 aromatic rings. The zero-order valence-electron chi connectivity index (χ0n) is 11.5. The van der Waals surface area contributed by atoms with Crippen LogP contribution < -0.4 is 0 Å². The lowest BCUT2D eigenvalue weighted by Gasteiger charge is -2.34. The molecule has 0 bridgehead atoms. The summed E-state index contributed by atoms with van der Waals surface area (Å²) in [6.07, 6.45) is 8.59. The number of hydrogen-bond acceptors (Lipinski definition) is 4. The summed E-state index contributed by atoms with van der Waals surface area (Å²) in [6, 6.07) is 6.45. The number of aromatic nitrogens is 5. The van der Waals surface area contributed by atoms with E-state index in [4.69, 9.17) is 0 Å². The van der Waals surface area contributed by atoms with Crippen LogP contribution >= 0.6 is 0 Å². The maximum atomic E-state index is 9.29. The molecule has 0 radical (unpaired) electrons. The Kier molecular flexibility index (Phi) is 2.54. The molecule has 6 heteroatoms. The first-order valence-corrected chi connectivity index (χ1v) is 7.03. The van der Waals surface area contributed by atoms with Crippen molar-refractivity contribution >= 4 is 11.0 Å². The van der Waals surface area contributed by atoms with Gasteiger partial charge in [0.25, 0.3) is 0 Å². The third-order valence-electron chi connectivity index (χ3n) is 4.25. The topological polar surface area (TPSA) is 83.2 Å². The molecule has 0 aliphatic heterocycles. The summed E-state index contributed by atoms with van der Waals surface area (Å²) in [6.45, 7) is 0.621. The second-order valence-corrected chi connectivity index (χ2v) is 5.69. The smallest absolute Gasteiger partial charge is 0.137 e. The molecule has 0 saturated heterocycles. The minimum absolute atomic E-state index is 0.242. The van der Waals surface area contributed by atoms with Crippen molar-refractivity contribution < 1.29 is 0 Å². The van der Waals surface area contributed by atoms with Gasteiger partial charge in [-0.05, 0) is 25.0 Å². The highest BCUT2D eigenvalue weighted by atomic mass is 15.4. The van der Waals surface area contributed by atoms with Gasteiger partial charge in [0.1, 0.15) is 11.3 Å². The Hall–Kier alpha value is -2.68. The molecule has 3 aromatic heterocycles. The molecule has 0 atom stereocenters. The van der Waals surface area contributed by atoms with Crippen LogP contribution in [0.25, 0.3) is 22.3 Å². The lowest BCUT2D eigenvalue weighted by Crippen LogP contribution is -2.32. The number of nitriles is 1. The predicted molar refractivity (Wildman–Crippen MR) is 77.0 cm³/mol. The van der Waals surface area contributed by atoms with Crippen LogP contribution in [0.4, 0.5) is 0 Å². The van der Waals surface area contributed by atoms with Crippen LogP contribution in [0.2, 0.25) is 0 Å². The number of aromatic amines is 1. The van der Waals surface area contributed by atoms with Crippen molar-refractivity contribution in [2.24, 2.45) is 5.41 Å². The lowest BCUT2D eigenvalue weighted by atomic mass is 9.70. The molecular formula is C15H14N6. The third kappa shape index (κ3) is 1.98. The summed E-state index contributed by atoms with van der Waals surface area (Å²) in [5, 5.41) is 18.7. The predicted octanol–water partition coefficient (Wildman–Crippen LogP) is 2.52. The highest BCUT2D eigenvalue weighted by Crippen LogP contribution is 2.41. The zero-order valence-corrected chi connectivity index (χ0v) is 11.5. The van der Waals surface area contributed by atoms with Crippen molar-refractivity contribution in [2.75, 3.05) is 0 Å². The van der Waals surface area contributed by atoms with Gasteiger partial charge in [-0.3, -0.25) is 4.68 Å². The first-order chi connectivity index (χ1) is 10.3. The standard InChI is InChI=1S/C15H14N6/c16-9-15(3-1-4-15)10-21-8-13(19-20-21)12-6-11-2-5-17-14(11)18-7-12/h2,5-8H,1,3-4,10H2,(H,17,18). The minimum Gasteiger partial charge on any atom is -0.346 e. The molecule has 3 heterocycles. The van der Waals surface area contributed by atoms with Gasteiger partial charge in [0.15, 0.2) is 0 Å². The molecule has 0 amide bonds. The van der Waals surface area contributed by atoms with Gasteiger partial charge in [-0.25, -0.2) is 4.98 Å². The maximum absolute atomic E-state index is 9.29. The van der Waals surface area contributed by atoms with E-state index in [0.29, 0.717) is 6.54 Å². The number of nitrogens with zero attached hydrogens (tertiary/aromatic N) is 5. The van der Waals surface area contributed by atoms with E-state index in [2.05, 4.69) is 26.3 Å². The van der Waals surface area contributed by atoms with Crippen LogP contribution in [-0.2, 0) is 6.54 Å². The Bertz CT molecular complexity index is 833. The quantitative estimate of drug-likeness (QED) is 0.798. The number of rotatable bonds is 3. The van der Waals surface area contributed by atoms with Crippen LogP contribution in [0, 0.1) is 16.7 Å². The van der Waals surface area contributed by atoms with Gasteiger partial charge in [-0.1, -0.05) is 11.6 Å². The van der Waals surface area contributed by atoms with Gasteiger partial charge in [-0.15, -0.1) is 5.10 Å².